The van der Waals surface area contributed by atoms with E-state index in [0.29, 0.717) is 54.4 Å². The van der Waals surface area contributed by atoms with Gasteiger partial charge in [0.1, 0.15) is 11.7 Å². The van der Waals surface area contributed by atoms with Crippen molar-refractivity contribution < 1.29 is 42.4 Å². The van der Waals surface area contributed by atoms with E-state index in [1.54, 1.807) is 7.11 Å². The molecule has 0 spiro atoms. The monoisotopic (exact) mass is 740 g/mol. The molecule has 4 aromatic rings. The van der Waals surface area contributed by atoms with Crippen molar-refractivity contribution in [2.24, 2.45) is 0 Å². The van der Waals surface area contributed by atoms with Gasteiger partial charge in [-0.2, -0.15) is 18.2 Å². The number of aromatic nitrogens is 2. The molecule has 0 amide bonds. The van der Waals surface area contributed by atoms with Crippen LogP contribution in [0, 0.1) is 0 Å². The molecule has 2 aromatic carbocycles. The van der Waals surface area contributed by atoms with Crippen molar-refractivity contribution in [3.8, 4) is 40.0 Å². The Hall–Kier alpha value is -4.43. The van der Waals surface area contributed by atoms with E-state index in [1.807, 2.05) is 55.5 Å². The minimum absolute atomic E-state index is 0.0523. The largest absolute Gasteiger partial charge is 0.481 e. The van der Waals surface area contributed by atoms with Gasteiger partial charge in [0.2, 0.25) is 17.6 Å². The summed E-state index contributed by atoms with van der Waals surface area (Å²) >= 11 is 7.09. The number of benzene rings is 2. The highest BCUT2D eigenvalue weighted by atomic mass is 35.5. The summed E-state index contributed by atoms with van der Waals surface area (Å²) in [4.78, 5) is 19.7. The minimum atomic E-state index is -4.77. The van der Waals surface area contributed by atoms with Gasteiger partial charge in [-0.05, 0) is 61.4 Å². The predicted molar refractivity (Wildman–Crippen MR) is 189 cm³/mol. The molecule has 1 atom stereocenters. The highest BCUT2D eigenvalue weighted by Crippen LogP contribution is 2.46. The highest BCUT2D eigenvalue weighted by Gasteiger charge is 2.39. The number of fused-ring (bicyclic) bond motifs is 1. The summed E-state index contributed by atoms with van der Waals surface area (Å²) in [6.45, 7) is 2.35. The maximum absolute atomic E-state index is 14.3. The Morgan fingerprint density at radius 1 is 0.962 bits per heavy atom. The van der Waals surface area contributed by atoms with Crippen LogP contribution < -0.4 is 24.8 Å². The smallest absolute Gasteiger partial charge is 0.421 e. The van der Waals surface area contributed by atoms with E-state index in [2.05, 4.69) is 15.6 Å². The zero-order valence-electron chi connectivity index (χ0n) is 28.9. The number of carboxylic acids is 1. The fourth-order valence-corrected chi connectivity index (χ4v) is 7.26. The Balaban J connectivity index is 1.25. The maximum atomic E-state index is 14.3. The van der Waals surface area contributed by atoms with Crippen LogP contribution in [-0.4, -0.2) is 58.6 Å². The first kappa shape index (κ1) is 37.3. The van der Waals surface area contributed by atoms with Crippen LogP contribution in [-0.2, 0) is 30.5 Å². The molecule has 0 saturated heterocycles. The number of methoxy groups -OCH3 is 2. The van der Waals surface area contributed by atoms with E-state index in [4.69, 9.17) is 35.9 Å². The van der Waals surface area contributed by atoms with E-state index in [1.165, 1.54) is 7.11 Å². The lowest BCUT2D eigenvalue weighted by atomic mass is 9.77. The van der Waals surface area contributed by atoms with Gasteiger partial charge in [-0.15, -0.1) is 0 Å². The lowest BCUT2D eigenvalue weighted by Crippen LogP contribution is -2.51. The van der Waals surface area contributed by atoms with Crippen LogP contribution in [0.2, 0.25) is 5.02 Å². The Labute approximate surface area is 304 Å². The van der Waals surface area contributed by atoms with Gasteiger partial charge in [0.05, 0.1) is 37.0 Å². The van der Waals surface area contributed by atoms with Crippen molar-refractivity contribution in [3.63, 3.8) is 0 Å². The van der Waals surface area contributed by atoms with Crippen molar-refractivity contribution in [2.45, 2.75) is 76.0 Å². The standard InChI is InChI=1S/C38H40ClF3N4O6/c1-37(49)17-23(18-37)44-20-21-10-12-30(45-34(21)50-2)28-9-5-8-27(33(28)39)24-6-4-7-26-25(24)11-13-31(26)52-36-29(38(40,41)42)16-22(35(46-36)51-3)19-43-15-14-32(47)48/h4-10,12,16,23,31,43-44,49H,11,13-15,17-20H2,1-3H3,(H,47,48)/t23?,31-,37?/m0/s1. The van der Waals surface area contributed by atoms with Gasteiger partial charge in [0.15, 0.2) is 0 Å². The third kappa shape index (κ3) is 8.12. The Morgan fingerprint density at radius 3 is 2.35 bits per heavy atom. The third-order valence-electron chi connectivity index (χ3n) is 9.48. The summed E-state index contributed by atoms with van der Waals surface area (Å²) in [5.41, 5.74) is 3.86. The van der Waals surface area contributed by atoms with Gasteiger partial charge in [-0.1, -0.05) is 54.1 Å². The first-order valence-electron chi connectivity index (χ1n) is 16.9. The number of carboxylic acid groups (broad SMARTS) is 1. The second-order valence-corrected chi connectivity index (χ2v) is 13.7. The molecule has 1 fully saturated rings. The molecule has 2 aliphatic rings. The summed E-state index contributed by atoms with van der Waals surface area (Å²) in [6.07, 6.45) is -3.36. The van der Waals surface area contributed by atoms with Crippen LogP contribution in [0.25, 0.3) is 22.4 Å². The number of hydrogen-bond acceptors (Lipinski definition) is 9. The molecule has 0 bridgehead atoms. The number of aliphatic carboxylic acids is 1. The highest BCUT2D eigenvalue weighted by molar-refractivity contribution is 6.36. The number of halogens is 4. The summed E-state index contributed by atoms with van der Waals surface area (Å²) in [5, 5.41) is 25.6. The molecule has 2 aromatic heterocycles. The zero-order chi connectivity index (χ0) is 37.2. The molecular formula is C38H40ClF3N4O6. The molecular weight excluding hydrogens is 701 g/mol. The average molecular weight is 741 g/mol. The first-order valence-corrected chi connectivity index (χ1v) is 17.3. The van der Waals surface area contributed by atoms with E-state index in [-0.39, 0.29) is 37.0 Å². The second-order valence-electron chi connectivity index (χ2n) is 13.4. The molecule has 4 N–H and O–H groups in total. The maximum Gasteiger partial charge on any atom is 0.421 e. The lowest BCUT2D eigenvalue weighted by molar-refractivity contribution is -0.140. The Bertz CT molecular complexity index is 1950. The number of aliphatic hydroxyl groups is 1. The molecule has 14 heteroatoms. The van der Waals surface area contributed by atoms with Crippen molar-refractivity contribution in [2.75, 3.05) is 20.8 Å². The van der Waals surface area contributed by atoms with Gasteiger partial charge in [0, 0.05) is 47.9 Å². The number of ether oxygens (including phenoxy) is 3. The number of nitrogens with zero attached hydrogens (tertiary/aromatic N) is 2. The topological polar surface area (TPSA) is 135 Å². The number of rotatable bonds is 14. The minimum Gasteiger partial charge on any atom is -0.481 e. The number of nitrogens with one attached hydrogen (secondary N) is 2. The van der Waals surface area contributed by atoms with Gasteiger partial charge in [0.25, 0.3) is 0 Å². The number of pyridine rings is 2. The van der Waals surface area contributed by atoms with Crippen LogP contribution >= 0.6 is 11.6 Å². The van der Waals surface area contributed by atoms with E-state index >= 15 is 0 Å². The molecule has 2 heterocycles. The molecule has 0 unspecified atom stereocenters. The van der Waals surface area contributed by atoms with E-state index in [0.717, 1.165) is 33.9 Å². The summed E-state index contributed by atoms with van der Waals surface area (Å²) in [5.74, 6) is -1.21. The third-order valence-corrected chi connectivity index (χ3v) is 9.88. The van der Waals surface area contributed by atoms with E-state index < -0.39 is 35.3 Å². The number of alkyl halides is 3. The molecule has 6 rings (SSSR count). The summed E-state index contributed by atoms with van der Waals surface area (Å²) in [7, 11) is 2.86. The van der Waals surface area contributed by atoms with Crippen molar-refractivity contribution in [3.05, 3.63) is 87.4 Å². The second kappa shape index (κ2) is 15.3. The van der Waals surface area contributed by atoms with Gasteiger partial charge in [-0.25, -0.2) is 4.98 Å². The molecule has 0 radical (unpaired) electrons. The molecule has 276 valence electrons. The van der Waals surface area contributed by atoms with Crippen LogP contribution in [0.15, 0.2) is 54.6 Å². The van der Waals surface area contributed by atoms with Crippen molar-refractivity contribution in [1.82, 2.24) is 20.6 Å². The Morgan fingerprint density at radius 2 is 1.65 bits per heavy atom. The van der Waals surface area contributed by atoms with Crippen LogP contribution in [0.4, 0.5) is 13.2 Å². The molecule has 52 heavy (non-hydrogen) atoms. The normalized spacial score (nSPS) is 19.5. The van der Waals surface area contributed by atoms with Crippen LogP contribution in [0.5, 0.6) is 17.6 Å². The van der Waals surface area contributed by atoms with Gasteiger partial charge in [-0.3, -0.25) is 4.79 Å². The Kier molecular flexibility index (Phi) is 11.0. The number of hydrogen-bond donors (Lipinski definition) is 4. The fraction of sp³-hybridized carbons (Fsp3) is 0.395. The van der Waals surface area contributed by atoms with E-state index in [9.17, 15) is 23.1 Å². The quantitative estimate of drug-likeness (QED) is 0.0989. The first-order chi connectivity index (χ1) is 24.8. The van der Waals surface area contributed by atoms with Crippen LogP contribution in [0.1, 0.15) is 66.5 Å². The van der Waals surface area contributed by atoms with Gasteiger partial charge >= 0.3 is 12.1 Å². The molecule has 1 saturated carbocycles. The van der Waals surface area contributed by atoms with Gasteiger partial charge < -0.3 is 35.1 Å². The zero-order valence-corrected chi connectivity index (χ0v) is 29.7. The molecule has 10 nitrogen and oxygen atoms in total. The SMILES string of the molecule is COc1nc(-c2cccc(-c3cccc4c3CC[C@@H]4Oc3nc(OC)c(CNCCC(=O)O)cc3C(F)(F)F)c2Cl)ccc1CNC1CC(C)(O)C1. The average Bonchev–Trinajstić information content (AvgIpc) is 3.50. The molecule has 2 aliphatic carbocycles. The summed E-state index contributed by atoms with van der Waals surface area (Å²) in [6, 6.07) is 16.2. The predicted octanol–water partition coefficient (Wildman–Crippen LogP) is 7.13. The fourth-order valence-electron chi connectivity index (χ4n) is 6.93. The summed E-state index contributed by atoms with van der Waals surface area (Å²) < 4.78 is 59.9. The van der Waals surface area contributed by atoms with Crippen molar-refractivity contribution >= 4 is 17.6 Å². The van der Waals surface area contributed by atoms with Crippen molar-refractivity contribution in [1.29, 1.82) is 0 Å². The number of carbonyl (C=O) groups is 1. The van der Waals surface area contributed by atoms with Crippen LogP contribution in [0.3, 0.4) is 0 Å². The molecule has 0 aliphatic heterocycles. The lowest BCUT2D eigenvalue weighted by Gasteiger charge is -2.41.